The highest BCUT2D eigenvalue weighted by Gasteiger charge is 2.37. The molecule has 10 nitrogen and oxygen atoms in total. The summed E-state index contributed by atoms with van der Waals surface area (Å²) in [5.41, 5.74) is 1.89. The molecule has 1 saturated heterocycles. The molecule has 0 saturated carbocycles. The van der Waals surface area contributed by atoms with Crippen molar-refractivity contribution in [3.63, 3.8) is 0 Å². The molecule has 0 amide bonds. The summed E-state index contributed by atoms with van der Waals surface area (Å²) in [6.07, 6.45) is 5.75. The minimum Gasteiger partial charge on any atom is -0.374 e. The first-order chi connectivity index (χ1) is 17.8. The largest absolute Gasteiger partial charge is 0.374 e. The van der Waals surface area contributed by atoms with Crippen molar-refractivity contribution >= 4 is 23.2 Å². The van der Waals surface area contributed by atoms with E-state index in [0.717, 1.165) is 56.5 Å². The average molecular weight is 506 g/mol. The van der Waals surface area contributed by atoms with E-state index in [1.807, 2.05) is 13.1 Å². The van der Waals surface area contributed by atoms with Gasteiger partial charge in [-0.1, -0.05) is 13.0 Å². The quantitative estimate of drug-likeness (QED) is 0.275. The van der Waals surface area contributed by atoms with Gasteiger partial charge < -0.3 is 35.4 Å². The van der Waals surface area contributed by atoms with E-state index in [4.69, 9.17) is 9.98 Å². The van der Waals surface area contributed by atoms with Crippen molar-refractivity contribution in [2.24, 2.45) is 4.99 Å². The van der Waals surface area contributed by atoms with Gasteiger partial charge in [-0.2, -0.15) is 0 Å². The lowest BCUT2D eigenvalue weighted by molar-refractivity contribution is 0.163. The zero-order valence-corrected chi connectivity index (χ0v) is 22.0. The number of hydrogen-bond acceptors (Lipinski definition) is 9. The zero-order valence-electron chi connectivity index (χ0n) is 22.0. The van der Waals surface area contributed by atoms with Crippen LogP contribution in [0.1, 0.15) is 32.0 Å². The van der Waals surface area contributed by atoms with Crippen LogP contribution in [0.2, 0.25) is 0 Å². The molecular weight excluding hydrogens is 466 g/mol. The molecule has 3 aliphatic heterocycles. The predicted octanol–water partition coefficient (Wildman–Crippen LogP) is 2.32. The molecule has 0 spiro atoms. The number of hydrogen-bond donors (Lipinski definition) is 5. The highest BCUT2D eigenvalue weighted by molar-refractivity contribution is 5.95. The Balaban J connectivity index is 1.34. The van der Waals surface area contributed by atoms with Gasteiger partial charge in [0.2, 0.25) is 5.96 Å². The fourth-order valence-electron chi connectivity index (χ4n) is 5.15. The molecule has 3 atom stereocenters. The van der Waals surface area contributed by atoms with Gasteiger partial charge in [-0.05, 0) is 44.7 Å². The number of fused-ring (bicyclic) bond motifs is 1. The molecule has 1 fully saturated rings. The lowest BCUT2D eigenvalue weighted by Crippen LogP contribution is -2.50. The molecule has 198 valence electrons. The molecule has 1 aromatic carbocycles. The van der Waals surface area contributed by atoms with Crippen LogP contribution in [0.25, 0.3) is 0 Å². The number of imidazole rings is 1. The van der Waals surface area contributed by atoms with Crippen LogP contribution in [0.15, 0.2) is 59.9 Å². The number of likely N-dealkylation sites (N-methyl/N-ethyl adjacent to an activating group) is 1. The maximum absolute atomic E-state index is 10.9. The van der Waals surface area contributed by atoms with Crippen molar-refractivity contribution in [1.29, 1.82) is 0 Å². The normalized spacial score (nSPS) is 24.5. The maximum Gasteiger partial charge on any atom is 0.202 e. The summed E-state index contributed by atoms with van der Waals surface area (Å²) in [5, 5.41) is 24.0. The highest BCUT2D eigenvalue weighted by atomic mass is 16.3. The molecule has 2 aromatic rings. The molecule has 5 rings (SSSR count). The molecule has 3 aliphatic rings. The van der Waals surface area contributed by atoms with E-state index in [9.17, 15) is 5.11 Å². The molecular formula is C27H39N9O. The van der Waals surface area contributed by atoms with E-state index in [-0.39, 0.29) is 0 Å². The number of guanidine groups is 1. The number of aryl methyl sites for hydroxylation is 1. The summed E-state index contributed by atoms with van der Waals surface area (Å²) in [4.78, 5) is 14.6. The van der Waals surface area contributed by atoms with E-state index in [1.54, 1.807) is 12.3 Å². The number of piperazine rings is 1. The topological polar surface area (TPSA) is 105 Å². The van der Waals surface area contributed by atoms with E-state index in [2.05, 4.69) is 80.4 Å². The second kappa shape index (κ2) is 10.6. The third-order valence-corrected chi connectivity index (χ3v) is 7.43. The number of aliphatic hydroxyl groups is 1. The van der Waals surface area contributed by atoms with E-state index in [1.165, 1.54) is 5.69 Å². The third kappa shape index (κ3) is 5.51. The third-order valence-electron chi connectivity index (χ3n) is 7.43. The first kappa shape index (κ1) is 25.3. The van der Waals surface area contributed by atoms with Crippen LogP contribution in [-0.2, 0) is 6.54 Å². The number of nitrogens with zero attached hydrogens (tertiary/aromatic N) is 5. The standard InChI is InChI=1S/C27H39N9O/c1-5-11-28-25(37)22-17-29-26(30-20-6-8-21(9-7-20)35-15-13-34(4)14-16-35)33-27(22,3)32-23-18-36-12-10-19(2)24(36)31-23/h5-9,17-19,25,28,32,37H,1,10-16H2,2-4H3,(H2,29,30,33). The summed E-state index contributed by atoms with van der Waals surface area (Å²) < 4.78 is 2.19. The van der Waals surface area contributed by atoms with Gasteiger partial charge in [0, 0.05) is 74.5 Å². The van der Waals surface area contributed by atoms with Gasteiger partial charge in [-0.25, -0.2) is 9.98 Å². The van der Waals surface area contributed by atoms with Gasteiger partial charge in [0.1, 0.15) is 17.9 Å². The Bertz CT molecular complexity index is 1160. The van der Waals surface area contributed by atoms with E-state index >= 15 is 0 Å². The van der Waals surface area contributed by atoms with Crippen LogP contribution >= 0.6 is 0 Å². The number of aromatic nitrogens is 2. The van der Waals surface area contributed by atoms with Crippen molar-refractivity contribution in [3.05, 3.63) is 60.7 Å². The Morgan fingerprint density at radius 3 is 2.68 bits per heavy atom. The first-order valence-electron chi connectivity index (χ1n) is 13.1. The number of aliphatic hydroxyl groups excluding tert-OH is 1. The fourth-order valence-corrected chi connectivity index (χ4v) is 5.15. The molecule has 10 heteroatoms. The maximum atomic E-state index is 10.9. The van der Waals surface area contributed by atoms with Crippen LogP contribution in [0.4, 0.5) is 17.2 Å². The Morgan fingerprint density at radius 2 is 1.97 bits per heavy atom. The van der Waals surface area contributed by atoms with Gasteiger partial charge in [-0.15, -0.1) is 6.58 Å². The molecule has 0 aliphatic carbocycles. The van der Waals surface area contributed by atoms with Crippen molar-refractivity contribution < 1.29 is 5.11 Å². The van der Waals surface area contributed by atoms with Gasteiger partial charge in [0.15, 0.2) is 5.66 Å². The Morgan fingerprint density at radius 1 is 1.22 bits per heavy atom. The predicted molar refractivity (Wildman–Crippen MR) is 150 cm³/mol. The van der Waals surface area contributed by atoms with Crippen LogP contribution in [0.3, 0.4) is 0 Å². The lowest BCUT2D eigenvalue weighted by Gasteiger charge is -2.36. The molecule has 1 aromatic heterocycles. The minimum absolute atomic E-state index is 0.431. The number of aliphatic imine (C=N–C) groups is 1. The van der Waals surface area contributed by atoms with Gasteiger partial charge in [-0.3, -0.25) is 5.32 Å². The Kier molecular flexibility index (Phi) is 7.23. The summed E-state index contributed by atoms with van der Waals surface area (Å²) in [7, 11) is 2.17. The Hall–Kier alpha value is -3.34. The highest BCUT2D eigenvalue weighted by Crippen LogP contribution is 2.32. The van der Waals surface area contributed by atoms with E-state index < -0.39 is 11.9 Å². The SMILES string of the molecule is C=CCNC(O)C1=CNC(Nc2ccc(N3CCN(C)CC3)cc2)=NC1(C)Nc1cn2c(n1)C(C)CC2. The number of anilines is 3. The van der Waals surface area contributed by atoms with Crippen LogP contribution < -0.4 is 26.2 Å². The van der Waals surface area contributed by atoms with Gasteiger partial charge in [0.25, 0.3) is 0 Å². The zero-order chi connectivity index (χ0) is 26.0. The average Bonchev–Trinajstić information content (AvgIpc) is 3.44. The second-order valence-corrected chi connectivity index (χ2v) is 10.3. The summed E-state index contributed by atoms with van der Waals surface area (Å²) in [5.74, 6) is 2.84. The van der Waals surface area contributed by atoms with Crippen LogP contribution in [0.5, 0.6) is 0 Å². The van der Waals surface area contributed by atoms with Gasteiger partial charge in [0.05, 0.1) is 0 Å². The monoisotopic (exact) mass is 505 g/mol. The fraction of sp³-hybridized carbons (Fsp3) is 0.481. The molecule has 37 heavy (non-hydrogen) atoms. The van der Waals surface area contributed by atoms with Crippen LogP contribution in [0, 0.1) is 0 Å². The summed E-state index contributed by atoms with van der Waals surface area (Å²) >= 11 is 0. The second-order valence-electron chi connectivity index (χ2n) is 10.3. The number of rotatable bonds is 8. The van der Waals surface area contributed by atoms with Crippen molar-refractivity contribution in [2.45, 2.75) is 44.6 Å². The number of nitrogens with one attached hydrogen (secondary N) is 4. The molecule has 0 radical (unpaired) electrons. The first-order valence-corrected chi connectivity index (χ1v) is 13.1. The minimum atomic E-state index is -0.931. The summed E-state index contributed by atoms with van der Waals surface area (Å²) in [6.45, 7) is 13.5. The molecule has 0 bridgehead atoms. The van der Waals surface area contributed by atoms with Crippen molar-refractivity contribution in [2.75, 3.05) is 55.3 Å². The molecule has 4 heterocycles. The van der Waals surface area contributed by atoms with Crippen molar-refractivity contribution in [3.8, 4) is 0 Å². The van der Waals surface area contributed by atoms with Gasteiger partial charge >= 0.3 is 0 Å². The molecule has 5 N–H and O–H groups in total. The Labute approximate surface area is 219 Å². The number of benzene rings is 1. The molecule has 3 unspecified atom stereocenters. The summed E-state index contributed by atoms with van der Waals surface area (Å²) in [6, 6.07) is 8.44. The van der Waals surface area contributed by atoms with Crippen LogP contribution in [-0.4, -0.2) is 77.2 Å². The smallest absolute Gasteiger partial charge is 0.202 e. The van der Waals surface area contributed by atoms with Crippen molar-refractivity contribution in [1.82, 2.24) is 25.1 Å². The lowest BCUT2D eigenvalue weighted by atomic mass is 9.99. The van der Waals surface area contributed by atoms with E-state index in [0.29, 0.717) is 24.0 Å².